The van der Waals surface area contributed by atoms with Crippen molar-refractivity contribution in [3.63, 3.8) is 0 Å². The molecule has 0 aliphatic carbocycles. The molecule has 0 heterocycles. The summed E-state index contributed by atoms with van der Waals surface area (Å²) in [5.41, 5.74) is 11.7. The normalized spacial score (nSPS) is 12.0. The molecule has 1 aromatic carbocycles. The number of nitrogens with two attached hydrogens (primary N) is 2. The van der Waals surface area contributed by atoms with E-state index >= 15 is 0 Å². The van der Waals surface area contributed by atoms with Crippen LogP contribution in [0.4, 0.5) is 18.9 Å². The molecule has 0 saturated heterocycles. The third-order valence-corrected chi connectivity index (χ3v) is 1.92. The molecule has 0 spiro atoms. The number of ether oxygens (including phenoxy) is 1. The quantitative estimate of drug-likeness (QED) is 0.802. The second kappa shape index (κ2) is 5.58. The third-order valence-electron chi connectivity index (χ3n) is 1.92. The van der Waals surface area contributed by atoms with Gasteiger partial charge in [-0.05, 0) is 30.7 Å². The molecule has 0 saturated carbocycles. The van der Waals surface area contributed by atoms with Gasteiger partial charge in [0.2, 0.25) is 0 Å². The molecule has 17 heavy (non-hydrogen) atoms. The highest BCUT2D eigenvalue weighted by Crippen LogP contribution is 2.26. The number of hydrogen-bond acceptors (Lipinski definition) is 3. The van der Waals surface area contributed by atoms with Crippen LogP contribution in [0, 0.1) is 0 Å². The highest BCUT2D eigenvalue weighted by Gasteiger charge is 2.31. The van der Waals surface area contributed by atoms with Gasteiger partial charge in [-0.15, -0.1) is 13.2 Å². The Morgan fingerprint density at radius 3 is 2.53 bits per heavy atom. The van der Waals surface area contributed by atoms with Crippen LogP contribution < -0.4 is 16.2 Å². The molecular formula is C11H13F3N2O. The van der Waals surface area contributed by atoms with E-state index in [0.717, 1.165) is 6.07 Å². The van der Waals surface area contributed by atoms with Crippen LogP contribution in [0.25, 0.3) is 6.08 Å². The first kappa shape index (κ1) is 13.4. The molecule has 94 valence electrons. The first-order chi connectivity index (χ1) is 7.92. The van der Waals surface area contributed by atoms with Gasteiger partial charge in [0.1, 0.15) is 5.75 Å². The number of anilines is 1. The zero-order valence-corrected chi connectivity index (χ0v) is 9.00. The Balaban J connectivity index is 2.79. The van der Waals surface area contributed by atoms with Gasteiger partial charge < -0.3 is 16.2 Å². The summed E-state index contributed by atoms with van der Waals surface area (Å²) in [7, 11) is 0. The Morgan fingerprint density at radius 1 is 1.29 bits per heavy atom. The number of nitrogen functional groups attached to an aromatic ring is 1. The van der Waals surface area contributed by atoms with Crippen molar-refractivity contribution in [3.05, 3.63) is 29.8 Å². The van der Waals surface area contributed by atoms with Crippen molar-refractivity contribution in [1.82, 2.24) is 0 Å². The van der Waals surface area contributed by atoms with E-state index in [-0.39, 0.29) is 11.4 Å². The average molecular weight is 246 g/mol. The van der Waals surface area contributed by atoms with E-state index in [9.17, 15) is 13.2 Å². The molecule has 1 rings (SSSR count). The third kappa shape index (κ3) is 4.78. The number of rotatable bonds is 4. The van der Waals surface area contributed by atoms with Crippen LogP contribution >= 0.6 is 0 Å². The van der Waals surface area contributed by atoms with Gasteiger partial charge in [0.25, 0.3) is 0 Å². The lowest BCUT2D eigenvalue weighted by Crippen LogP contribution is -2.17. The van der Waals surface area contributed by atoms with Crippen LogP contribution in [0.15, 0.2) is 24.3 Å². The van der Waals surface area contributed by atoms with Crippen molar-refractivity contribution in [3.8, 4) is 5.75 Å². The lowest BCUT2D eigenvalue weighted by molar-refractivity contribution is -0.274. The predicted molar refractivity (Wildman–Crippen MR) is 60.2 cm³/mol. The van der Waals surface area contributed by atoms with E-state index in [1.54, 1.807) is 12.2 Å². The summed E-state index contributed by atoms with van der Waals surface area (Å²) in [4.78, 5) is 0. The van der Waals surface area contributed by atoms with Crippen molar-refractivity contribution in [2.45, 2.75) is 12.8 Å². The minimum absolute atomic E-state index is 0.222. The minimum atomic E-state index is -4.71. The Labute approximate surface area is 96.9 Å². The first-order valence-corrected chi connectivity index (χ1v) is 4.94. The fourth-order valence-corrected chi connectivity index (χ4v) is 1.21. The summed E-state index contributed by atoms with van der Waals surface area (Å²) < 4.78 is 39.5. The van der Waals surface area contributed by atoms with Crippen molar-refractivity contribution < 1.29 is 17.9 Å². The van der Waals surface area contributed by atoms with E-state index < -0.39 is 6.36 Å². The van der Waals surface area contributed by atoms with Gasteiger partial charge in [-0.1, -0.05) is 12.2 Å². The minimum Gasteiger partial charge on any atom is -0.406 e. The molecule has 0 aliphatic heterocycles. The second-order valence-electron chi connectivity index (χ2n) is 3.32. The summed E-state index contributed by atoms with van der Waals surface area (Å²) >= 11 is 0. The maximum atomic E-state index is 11.9. The van der Waals surface area contributed by atoms with Crippen molar-refractivity contribution in [2.24, 2.45) is 5.73 Å². The van der Waals surface area contributed by atoms with E-state index in [2.05, 4.69) is 4.74 Å². The Kier molecular flexibility index (Phi) is 4.39. The van der Waals surface area contributed by atoms with E-state index in [1.165, 1.54) is 12.1 Å². The average Bonchev–Trinajstić information content (AvgIpc) is 2.19. The lowest BCUT2D eigenvalue weighted by atomic mass is 10.1. The molecule has 0 radical (unpaired) electrons. The van der Waals surface area contributed by atoms with Crippen LogP contribution in [-0.4, -0.2) is 12.9 Å². The summed E-state index contributed by atoms with van der Waals surface area (Å²) in [5.74, 6) is -0.328. The molecule has 0 bridgehead atoms. The molecule has 4 N–H and O–H groups in total. The maximum absolute atomic E-state index is 11.9. The van der Waals surface area contributed by atoms with Crippen molar-refractivity contribution >= 4 is 11.8 Å². The number of halogens is 3. The van der Waals surface area contributed by atoms with Crippen LogP contribution in [-0.2, 0) is 0 Å². The molecule has 3 nitrogen and oxygen atoms in total. The lowest BCUT2D eigenvalue weighted by Gasteiger charge is -2.10. The molecule has 0 atom stereocenters. The smallest absolute Gasteiger partial charge is 0.406 e. The SMILES string of the molecule is NCCC=Cc1ccc(OC(F)(F)F)cc1N. The zero-order valence-electron chi connectivity index (χ0n) is 9.00. The standard InChI is InChI=1S/C11H13F3N2O/c12-11(13,14)17-9-5-4-8(10(16)7-9)3-1-2-6-15/h1,3-5,7H,2,6,15-16H2. The van der Waals surface area contributed by atoms with Gasteiger partial charge in [0.05, 0.1) is 0 Å². The fourth-order valence-electron chi connectivity index (χ4n) is 1.21. The Morgan fingerprint density at radius 2 is 2.00 bits per heavy atom. The topological polar surface area (TPSA) is 61.3 Å². The second-order valence-corrected chi connectivity index (χ2v) is 3.32. The Bertz CT molecular complexity index is 402. The van der Waals surface area contributed by atoms with Crippen LogP contribution in [0.2, 0.25) is 0 Å². The summed E-state index contributed by atoms with van der Waals surface area (Å²) in [6.07, 6.45) is -0.515. The van der Waals surface area contributed by atoms with Crippen LogP contribution in [0.3, 0.4) is 0 Å². The van der Waals surface area contributed by atoms with Crippen LogP contribution in [0.5, 0.6) is 5.75 Å². The number of benzene rings is 1. The van der Waals surface area contributed by atoms with Crippen LogP contribution in [0.1, 0.15) is 12.0 Å². The summed E-state index contributed by atoms with van der Waals surface area (Å²) in [5, 5.41) is 0. The van der Waals surface area contributed by atoms with Crippen molar-refractivity contribution in [2.75, 3.05) is 12.3 Å². The van der Waals surface area contributed by atoms with E-state index in [1.807, 2.05) is 0 Å². The molecule has 0 aliphatic rings. The highest BCUT2D eigenvalue weighted by atomic mass is 19.4. The molecule has 0 amide bonds. The van der Waals surface area contributed by atoms with Gasteiger partial charge in [-0.25, -0.2) is 0 Å². The Hall–Kier alpha value is -1.69. The zero-order chi connectivity index (χ0) is 12.9. The van der Waals surface area contributed by atoms with Gasteiger partial charge >= 0.3 is 6.36 Å². The highest BCUT2D eigenvalue weighted by molar-refractivity contribution is 5.66. The molecule has 0 fully saturated rings. The van der Waals surface area contributed by atoms with E-state index in [4.69, 9.17) is 11.5 Å². The molecule has 1 aromatic rings. The maximum Gasteiger partial charge on any atom is 0.573 e. The van der Waals surface area contributed by atoms with Gasteiger partial charge in [0.15, 0.2) is 0 Å². The fraction of sp³-hybridized carbons (Fsp3) is 0.273. The number of hydrogen-bond donors (Lipinski definition) is 2. The number of alkyl halides is 3. The summed E-state index contributed by atoms with van der Waals surface area (Å²) in [6, 6.07) is 3.81. The largest absolute Gasteiger partial charge is 0.573 e. The molecule has 0 aromatic heterocycles. The van der Waals surface area contributed by atoms with Gasteiger partial charge in [-0.2, -0.15) is 0 Å². The molecular weight excluding hydrogens is 233 g/mol. The van der Waals surface area contributed by atoms with Gasteiger partial charge in [-0.3, -0.25) is 0 Å². The molecule has 0 unspecified atom stereocenters. The van der Waals surface area contributed by atoms with Crippen molar-refractivity contribution in [1.29, 1.82) is 0 Å². The van der Waals surface area contributed by atoms with E-state index in [0.29, 0.717) is 18.5 Å². The predicted octanol–water partition coefficient (Wildman–Crippen LogP) is 2.53. The summed E-state index contributed by atoms with van der Waals surface area (Å²) in [6.45, 7) is 0.506. The molecule has 6 heteroatoms. The first-order valence-electron chi connectivity index (χ1n) is 4.94. The monoisotopic (exact) mass is 246 g/mol. The van der Waals surface area contributed by atoms with Gasteiger partial charge in [0, 0.05) is 11.8 Å².